The van der Waals surface area contributed by atoms with Gasteiger partial charge < -0.3 is 19.2 Å². The number of hydrogen-bond acceptors (Lipinski definition) is 5. The molecule has 1 aromatic heterocycles. The van der Waals surface area contributed by atoms with Crippen molar-refractivity contribution in [3.63, 3.8) is 0 Å². The van der Waals surface area contributed by atoms with E-state index in [0.717, 1.165) is 10.9 Å². The van der Waals surface area contributed by atoms with Gasteiger partial charge in [-0.05, 0) is 30.7 Å². The van der Waals surface area contributed by atoms with Gasteiger partial charge in [0.15, 0.2) is 6.61 Å². The van der Waals surface area contributed by atoms with Gasteiger partial charge in [0.25, 0.3) is 5.91 Å². The molecule has 0 aliphatic heterocycles. The molecule has 1 heterocycles. The fourth-order valence-corrected chi connectivity index (χ4v) is 2.79. The fraction of sp³-hybridized carbons (Fsp3) is 0.238. The van der Waals surface area contributed by atoms with Crippen molar-refractivity contribution in [2.45, 2.75) is 20.1 Å². The zero-order valence-corrected chi connectivity index (χ0v) is 16.1. The number of nitrogens with one attached hydrogen (secondary N) is 1. The van der Waals surface area contributed by atoms with Crippen LogP contribution >= 0.6 is 11.6 Å². The van der Waals surface area contributed by atoms with E-state index in [2.05, 4.69) is 5.32 Å². The molecule has 3 aromatic rings. The monoisotopic (exact) mass is 401 g/mol. The van der Waals surface area contributed by atoms with Crippen LogP contribution in [0.4, 0.5) is 0 Å². The predicted octanol–water partition coefficient (Wildman–Crippen LogP) is 4.10. The van der Waals surface area contributed by atoms with Gasteiger partial charge in [-0.3, -0.25) is 4.79 Å². The molecule has 2 aromatic carbocycles. The van der Waals surface area contributed by atoms with Crippen LogP contribution in [-0.4, -0.2) is 25.1 Å². The van der Waals surface area contributed by atoms with Crippen molar-refractivity contribution in [3.8, 4) is 0 Å². The summed E-state index contributed by atoms with van der Waals surface area (Å²) >= 11 is 5.83. The first kappa shape index (κ1) is 19.9. The number of hydrogen-bond donors (Lipinski definition) is 1. The summed E-state index contributed by atoms with van der Waals surface area (Å²) in [6, 6.07) is 14.4. The molecule has 1 amide bonds. The van der Waals surface area contributed by atoms with E-state index >= 15 is 0 Å². The number of carbonyl (C=O) groups excluding carboxylic acids is 2. The molecule has 0 aliphatic rings. The van der Waals surface area contributed by atoms with Gasteiger partial charge in [-0.2, -0.15) is 0 Å². The molecule has 0 aliphatic carbocycles. The van der Waals surface area contributed by atoms with Crippen molar-refractivity contribution in [1.29, 1.82) is 0 Å². The summed E-state index contributed by atoms with van der Waals surface area (Å²) in [5, 5.41) is 4.10. The van der Waals surface area contributed by atoms with E-state index in [1.807, 2.05) is 37.3 Å². The van der Waals surface area contributed by atoms with Crippen molar-refractivity contribution in [3.05, 3.63) is 70.4 Å². The van der Waals surface area contributed by atoms with Crippen LogP contribution < -0.4 is 5.32 Å². The lowest BCUT2D eigenvalue weighted by molar-refractivity contribution is -0.124. The van der Waals surface area contributed by atoms with Crippen molar-refractivity contribution < 1.29 is 23.5 Å². The van der Waals surface area contributed by atoms with Crippen LogP contribution in [0.15, 0.2) is 52.9 Å². The summed E-state index contributed by atoms with van der Waals surface area (Å²) in [4.78, 5) is 24.4. The minimum Gasteiger partial charge on any atom is -0.450 e. The third-order valence-electron chi connectivity index (χ3n) is 4.07. The molecule has 1 N–H and O–H groups in total. The molecular formula is C21H20ClNO5. The van der Waals surface area contributed by atoms with Gasteiger partial charge in [0, 0.05) is 29.1 Å². The number of para-hydroxylation sites is 1. The summed E-state index contributed by atoms with van der Waals surface area (Å²) < 4.78 is 16.2. The molecule has 3 rings (SSSR count). The molecule has 0 atom stereocenters. The Morgan fingerprint density at radius 3 is 2.61 bits per heavy atom. The van der Waals surface area contributed by atoms with Crippen LogP contribution in [-0.2, 0) is 27.4 Å². The lowest BCUT2D eigenvalue weighted by Crippen LogP contribution is -2.28. The first-order valence-corrected chi connectivity index (χ1v) is 9.22. The van der Waals surface area contributed by atoms with Crippen LogP contribution in [0.5, 0.6) is 0 Å². The summed E-state index contributed by atoms with van der Waals surface area (Å²) in [5.41, 5.74) is 2.07. The Morgan fingerprint density at radius 1 is 1.11 bits per heavy atom. The average Bonchev–Trinajstić information content (AvgIpc) is 3.08. The summed E-state index contributed by atoms with van der Waals surface area (Å²) in [7, 11) is 0. The normalized spacial score (nSPS) is 10.8. The molecule has 7 heteroatoms. The minimum absolute atomic E-state index is 0.0557. The molecule has 0 spiro atoms. The van der Waals surface area contributed by atoms with E-state index < -0.39 is 18.5 Å². The van der Waals surface area contributed by atoms with Crippen molar-refractivity contribution >= 4 is 34.4 Å². The second-order valence-corrected chi connectivity index (χ2v) is 6.46. The van der Waals surface area contributed by atoms with Crippen molar-refractivity contribution in [1.82, 2.24) is 5.32 Å². The van der Waals surface area contributed by atoms with Crippen molar-refractivity contribution in [2.24, 2.45) is 0 Å². The third-order valence-corrected chi connectivity index (χ3v) is 4.32. The van der Waals surface area contributed by atoms with E-state index in [-0.39, 0.29) is 12.4 Å². The molecule has 0 saturated carbocycles. The van der Waals surface area contributed by atoms with Gasteiger partial charge in [-0.1, -0.05) is 41.9 Å². The number of furan rings is 1. The molecule has 28 heavy (non-hydrogen) atoms. The second kappa shape index (κ2) is 9.39. The highest BCUT2D eigenvalue weighted by Crippen LogP contribution is 2.27. The standard InChI is InChI=1S/C21H20ClNO5/c1-2-26-12-17-16-5-3-4-6-18(16)28-20(17)21(25)27-13-19(24)23-11-14-7-9-15(22)10-8-14/h3-10H,2,11-13H2,1H3,(H,23,24). The van der Waals surface area contributed by atoms with E-state index in [1.54, 1.807) is 18.2 Å². The van der Waals surface area contributed by atoms with Crippen LogP contribution in [0.3, 0.4) is 0 Å². The Hall–Kier alpha value is -2.83. The maximum atomic E-state index is 12.4. The Kier molecular flexibility index (Phi) is 6.68. The van der Waals surface area contributed by atoms with Crippen molar-refractivity contribution in [2.75, 3.05) is 13.2 Å². The Labute approximate surface area is 167 Å². The molecule has 0 radical (unpaired) electrons. The van der Waals surface area contributed by atoms with Gasteiger partial charge >= 0.3 is 5.97 Å². The van der Waals surface area contributed by atoms with Crippen LogP contribution in [0.1, 0.15) is 28.6 Å². The Morgan fingerprint density at radius 2 is 1.86 bits per heavy atom. The zero-order chi connectivity index (χ0) is 19.9. The largest absolute Gasteiger partial charge is 0.450 e. The number of ether oxygens (including phenoxy) is 2. The van der Waals surface area contributed by atoms with E-state index in [4.69, 9.17) is 25.5 Å². The van der Waals surface area contributed by atoms with Gasteiger partial charge in [0.1, 0.15) is 5.58 Å². The maximum Gasteiger partial charge on any atom is 0.375 e. The molecule has 146 valence electrons. The highest BCUT2D eigenvalue weighted by Gasteiger charge is 2.22. The van der Waals surface area contributed by atoms with Crippen LogP contribution in [0.25, 0.3) is 11.0 Å². The lowest BCUT2D eigenvalue weighted by Gasteiger charge is -2.07. The van der Waals surface area contributed by atoms with Gasteiger partial charge in [0.05, 0.1) is 6.61 Å². The third kappa shape index (κ3) is 4.91. The van der Waals surface area contributed by atoms with Crippen LogP contribution in [0, 0.1) is 0 Å². The topological polar surface area (TPSA) is 77.8 Å². The molecular weight excluding hydrogens is 382 g/mol. The number of esters is 1. The van der Waals surface area contributed by atoms with Crippen LogP contribution in [0.2, 0.25) is 5.02 Å². The second-order valence-electron chi connectivity index (χ2n) is 6.02. The number of halogens is 1. The Bertz CT molecular complexity index is 965. The molecule has 0 unspecified atom stereocenters. The quantitative estimate of drug-likeness (QED) is 0.575. The number of benzene rings is 2. The van der Waals surface area contributed by atoms with Gasteiger partial charge in [0.2, 0.25) is 5.76 Å². The summed E-state index contributed by atoms with van der Waals surface area (Å²) in [6.45, 7) is 2.50. The summed E-state index contributed by atoms with van der Waals surface area (Å²) in [6.07, 6.45) is 0. The highest BCUT2D eigenvalue weighted by molar-refractivity contribution is 6.30. The predicted molar refractivity (Wildman–Crippen MR) is 105 cm³/mol. The Balaban J connectivity index is 1.61. The molecule has 0 fully saturated rings. The highest BCUT2D eigenvalue weighted by atomic mass is 35.5. The molecule has 0 bridgehead atoms. The van der Waals surface area contributed by atoms with E-state index in [9.17, 15) is 9.59 Å². The number of carbonyl (C=O) groups is 2. The van der Waals surface area contributed by atoms with E-state index in [0.29, 0.717) is 29.3 Å². The van der Waals surface area contributed by atoms with Gasteiger partial charge in [-0.25, -0.2) is 4.79 Å². The number of rotatable bonds is 8. The summed E-state index contributed by atoms with van der Waals surface area (Å²) in [5.74, 6) is -1.06. The molecule has 6 nitrogen and oxygen atoms in total. The number of amides is 1. The first-order chi connectivity index (χ1) is 13.6. The average molecular weight is 402 g/mol. The first-order valence-electron chi connectivity index (χ1n) is 8.85. The lowest BCUT2D eigenvalue weighted by atomic mass is 10.1. The maximum absolute atomic E-state index is 12.4. The SMILES string of the molecule is CCOCc1c(C(=O)OCC(=O)NCc2ccc(Cl)cc2)oc2ccccc12. The fourth-order valence-electron chi connectivity index (χ4n) is 2.66. The van der Waals surface area contributed by atoms with E-state index in [1.165, 1.54) is 0 Å². The smallest absolute Gasteiger partial charge is 0.375 e. The van der Waals surface area contributed by atoms with Gasteiger partial charge in [-0.15, -0.1) is 0 Å². The zero-order valence-electron chi connectivity index (χ0n) is 15.4. The number of fused-ring (bicyclic) bond motifs is 1. The molecule has 0 saturated heterocycles. The minimum atomic E-state index is -0.701.